The molecule has 0 saturated heterocycles. The fourth-order valence-corrected chi connectivity index (χ4v) is 2.23. The van der Waals surface area contributed by atoms with Crippen LogP contribution >= 0.6 is 0 Å². The number of rotatable bonds is 3. The fourth-order valence-electron chi connectivity index (χ4n) is 2.23. The summed E-state index contributed by atoms with van der Waals surface area (Å²) in [5.41, 5.74) is 3.38. The van der Waals surface area contributed by atoms with E-state index in [0.717, 1.165) is 16.6 Å². The third kappa shape index (κ3) is 2.97. The van der Waals surface area contributed by atoms with Crippen LogP contribution in [-0.2, 0) is 4.74 Å². The Balaban J connectivity index is 1.95. The standard InChI is InChI=1S/C18H13N3O2/c1-23-18(22)13-8-6-12(7-9-13)10-14(11-19)17-20-15-4-2-3-5-16(15)21-17/h2-10H,1H3,(H,20,21). The molecule has 5 nitrogen and oxygen atoms in total. The summed E-state index contributed by atoms with van der Waals surface area (Å²) in [6.45, 7) is 0. The van der Waals surface area contributed by atoms with E-state index >= 15 is 0 Å². The van der Waals surface area contributed by atoms with Gasteiger partial charge in [0.2, 0.25) is 0 Å². The Kier molecular flexibility index (Phi) is 3.89. The number of para-hydroxylation sites is 2. The summed E-state index contributed by atoms with van der Waals surface area (Å²) in [6, 6.07) is 16.6. The average molecular weight is 303 g/mol. The van der Waals surface area contributed by atoms with Gasteiger partial charge in [0.15, 0.2) is 0 Å². The molecule has 0 fully saturated rings. The lowest BCUT2D eigenvalue weighted by atomic mass is 10.1. The second-order valence-corrected chi connectivity index (χ2v) is 4.89. The second kappa shape index (κ2) is 6.16. The Hall–Kier alpha value is -3.39. The largest absolute Gasteiger partial charge is 0.465 e. The second-order valence-electron chi connectivity index (χ2n) is 4.89. The van der Waals surface area contributed by atoms with Gasteiger partial charge in [0, 0.05) is 0 Å². The lowest BCUT2D eigenvalue weighted by molar-refractivity contribution is 0.0600. The van der Waals surface area contributed by atoms with Gasteiger partial charge in [0.05, 0.1) is 29.3 Å². The zero-order chi connectivity index (χ0) is 16.2. The molecule has 5 heteroatoms. The molecule has 0 unspecified atom stereocenters. The number of imidazole rings is 1. The first-order valence-electron chi connectivity index (χ1n) is 6.96. The molecule has 23 heavy (non-hydrogen) atoms. The van der Waals surface area contributed by atoms with Crippen LogP contribution in [0.3, 0.4) is 0 Å². The maximum atomic E-state index is 11.4. The first-order chi connectivity index (χ1) is 11.2. The summed E-state index contributed by atoms with van der Waals surface area (Å²) in [6.07, 6.45) is 1.72. The number of allylic oxidation sites excluding steroid dienone is 1. The summed E-state index contributed by atoms with van der Waals surface area (Å²) in [4.78, 5) is 19.0. The van der Waals surface area contributed by atoms with Crippen molar-refractivity contribution in [3.8, 4) is 6.07 Å². The highest BCUT2D eigenvalue weighted by Gasteiger charge is 2.08. The number of benzene rings is 2. The normalized spacial score (nSPS) is 11.2. The van der Waals surface area contributed by atoms with Gasteiger partial charge in [-0.05, 0) is 35.9 Å². The number of carbonyl (C=O) groups excluding carboxylic acids is 1. The maximum Gasteiger partial charge on any atom is 0.337 e. The Bertz CT molecular complexity index is 898. The molecule has 0 amide bonds. The number of nitrogens with zero attached hydrogens (tertiary/aromatic N) is 2. The lowest BCUT2D eigenvalue weighted by Gasteiger charge is -2.00. The van der Waals surface area contributed by atoms with Gasteiger partial charge in [-0.2, -0.15) is 5.26 Å². The van der Waals surface area contributed by atoms with E-state index in [1.165, 1.54) is 7.11 Å². The number of hydrogen-bond acceptors (Lipinski definition) is 4. The highest BCUT2D eigenvalue weighted by atomic mass is 16.5. The molecule has 0 aliphatic carbocycles. The Morgan fingerprint density at radius 3 is 2.61 bits per heavy atom. The Morgan fingerprint density at radius 2 is 1.96 bits per heavy atom. The van der Waals surface area contributed by atoms with E-state index in [1.54, 1.807) is 30.3 Å². The van der Waals surface area contributed by atoms with E-state index in [4.69, 9.17) is 0 Å². The smallest absolute Gasteiger partial charge is 0.337 e. The van der Waals surface area contributed by atoms with Crippen molar-refractivity contribution in [1.29, 1.82) is 5.26 Å². The molecule has 0 saturated carbocycles. The molecule has 0 atom stereocenters. The zero-order valence-electron chi connectivity index (χ0n) is 12.4. The van der Waals surface area contributed by atoms with E-state index < -0.39 is 5.97 Å². The number of aromatic nitrogens is 2. The lowest BCUT2D eigenvalue weighted by Crippen LogP contribution is -2.00. The molecule has 0 aliphatic rings. The van der Waals surface area contributed by atoms with Crippen molar-refractivity contribution in [2.45, 2.75) is 0 Å². The quantitative estimate of drug-likeness (QED) is 0.594. The van der Waals surface area contributed by atoms with Crippen LogP contribution < -0.4 is 0 Å². The first kappa shape index (κ1) is 14.5. The van der Waals surface area contributed by atoms with Crippen LogP contribution in [-0.4, -0.2) is 23.0 Å². The number of H-pyrrole nitrogens is 1. The van der Waals surface area contributed by atoms with Crippen LogP contribution in [0.2, 0.25) is 0 Å². The SMILES string of the molecule is COC(=O)c1ccc(C=C(C#N)c2nc3ccccc3[nH]2)cc1. The van der Waals surface area contributed by atoms with Crippen molar-refractivity contribution in [1.82, 2.24) is 9.97 Å². The predicted octanol–water partition coefficient (Wildman–Crippen LogP) is 3.41. The van der Waals surface area contributed by atoms with E-state index in [1.807, 2.05) is 24.3 Å². The van der Waals surface area contributed by atoms with Crippen molar-refractivity contribution in [3.05, 3.63) is 65.5 Å². The highest BCUT2D eigenvalue weighted by molar-refractivity contribution is 5.92. The summed E-state index contributed by atoms with van der Waals surface area (Å²) < 4.78 is 4.66. The van der Waals surface area contributed by atoms with E-state index in [2.05, 4.69) is 20.8 Å². The van der Waals surface area contributed by atoms with E-state index in [0.29, 0.717) is 17.0 Å². The zero-order valence-corrected chi connectivity index (χ0v) is 12.4. The fraction of sp³-hybridized carbons (Fsp3) is 0.0556. The van der Waals surface area contributed by atoms with Crippen LogP contribution in [0.25, 0.3) is 22.7 Å². The summed E-state index contributed by atoms with van der Waals surface area (Å²) >= 11 is 0. The number of hydrogen-bond donors (Lipinski definition) is 1. The average Bonchev–Trinajstić information content (AvgIpc) is 3.03. The molecule has 1 N–H and O–H groups in total. The molecule has 3 aromatic rings. The molecule has 0 aliphatic heterocycles. The van der Waals surface area contributed by atoms with Crippen LogP contribution in [0, 0.1) is 11.3 Å². The molecule has 112 valence electrons. The number of methoxy groups -OCH3 is 1. The van der Waals surface area contributed by atoms with E-state index in [9.17, 15) is 10.1 Å². The number of nitriles is 1. The molecule has 0 radical (unpaired) electrons. The predicted molar refractivity (Wildman–Crippen MR) is 87.4 cm³/mol. The van der Waals surface area contributed by atoms with Crippen LogP contribution in [0.4, 0.5) is 0 Å². The van der Waals surface area contributed by atoms with Gasteiger partial charge in [-0.15, -0.1) is 0 Å². The van der Waals surface area contributed by atoms with Gasteiger partial charge in [0.25, 0.3) is 0 Å². The number of carbonyl (C=O) groups is 1. The van der Waals surface area contributed by atoms with Gasteiger partial charge >= 0.3 is 5.97 Å². The monoisotopic (exact) mass is 303 g/mol. The molecule has 3 rings (SSSR count). The number of aromatic amines is 1. The van der Waals surface area contributed by atoms with Crippen molar-refractivity contribution in [2.75, 3.05) is 7.11 Å². The van der Waals surface area contributed by atoms with Crippen LogP contribution in [0.1, 0.15) is 21.7 Å². The van der Waals surface area contributed by atoms with Crippen LogP contribution in [0.15, 0.2) is 48.5 Å². The maximum absolute atomic E-state index is 11.4. The van der Waals surface area contributed by atoms with Gasteiger partial charge in [-0.25, -0.2) is 9.78 Å². The molecule has 1 heterocycles. The Labute approximate surface area is 132 Å². The van der Waals surface area contributed by atoms with Gasteiger partial charge in [0.1, 0.15) is 11.9 Å². The molecule has 0 bridgehead atoms. The minimum atomic E-state index is -0.390. The van der Waals surface area contributed by atoms with Crippen molar-refractivity contribution >= 4 is 28.7 Å². The van der Waals surface area contributed by atoms with Gasteiger partial charge < -0.3 is 9.72 Å². The number of ether oxygens (including phenoxy) is 1. The van der Waals surface area contributed by atoms with Gasteiger partial charge in [-0.1, -0.05) is 24.3 Å². The molecule has 2 aromatic carbocycles. The van der Waals surface area contributed by atoms with Gasteiger partial charge in [-0.3, -0.25) is 0 Å². The number of esters is 1. The minimum absolute atomic E-state index is 0.390. The van der Waals surface area contributed by atoms with Crippen molar-refractivity contribution in [3.63, 3.8) is 0 Å². The summed E-state index contributed by atoms with van der Waals surface area (Å²) in [7, 11) is 1.34. The van der Waals surface area contributed by atoms with E-state index in [-0.39, 0.29) is 0 Å². The van der Waals surface area contributed by atoms with Crippen molar-refractivity contribution in [2.24, 2.45) is 0 Å². The number of nitrogens with one attached hydrogen (secondary N) is 1. The highest BCUT2D eigenvalue weighted by Crippen LogP contribution is 2.19. The molecule has 1 aromatic heterocycles. The number of fused-ring (bicyclic) bond motifs is 1. The summed E-state index contributed by atoms with van der Waals surface area (Å²) in [5, 5.41) is 9.39. The van der Waals surface area contributed by atoms with Crippen molar-refractivity contribution < 1.29 is 9.53 Å². The first-order valence-corrected chi connectivity index (χ1v) is 6.96. The molecular weight excluding hydrogens is 290 g/mol. The van der Waals surface area contributed by atoms with Crippen LogP contribution in [0.5, 0.6) is 0 Å². The Morgan fingerprint density at radius 1 is 1.22 bits per heavy atom. The minimum Gasteiger partial charge on any atom is -0.465 e. The molecular formula is C18H13N3O2. The summed E-state index contributed by atoms with van der Waals surface area (Å²) in [5.74, 6) is 0.129. The third-order valence-corrected chi connectivity index (χ3v) is 3.41. The topological polar surface area (TPSA) is 78.8 Å². The third-order valence-electron chi connectivity index (χ3n) is 3.41. The molecule has 0 spiro atoms.